The molecule has 0 unspecified atom stereocenters. The van der Waals surface area contributed by atoms with Gasteiger partial charge in [-0.05, 0) is 12.1 Å². The lowest BCUT2D eigenvalue weighted by Gasteiger charge is -2.06. The van der Waals surface area contributed by atoms with E-state index in [-0.39, 0.29) is 12.5 Å². The quantitative estimate of drug-likeness (QED) is 0.532. The zero-order valence-corrected chi connectivity index (χ0v) is 11.8. The number of amides is 1. The zero-order chi connectivity index (χ0) is 13.1. The summed E-state index contributed by atoms with van der Waals surface area (Å²) in [6.07, 6.45) is 0. The summed E-state index contributed by atoms with van der Waals surface area (Å²) in [5.41, 5.74) is 5.37. The molecule has 3 N–H and O–H groups in total. The Morgan fingerprint density at radius 3 is 2.67 bits per heavy atom. The predicted octanol–water partition coefficient (Wildman–Crippen LogP) is 1.52. The molecule has 0 spiro atoms. The Morgan fingerprint density at radius 1 is 1.22 bits per heavy atom. The summed E-state index contributed by atoms with van der Waals surface area (Å²) < 4.78 is 5.32. The maximum atomic E-state index is 11.4. The van der Waals surface area contributed by atoms with Gasteiger partial charge in [0.1, 0.15) is 5.75 Å². The summed E-state index contributed by atoms with van der Waals surface area (Å²) in [6.45, 7) is 1.40. The van der Waals surface area contributed by atoms with E-state index in [0.717, 1.165) is 11.5 Å². The van der Waals surface area contributed by atoms with Crippen LogP contribution in [-0.4, -0.2) is 37.1 Å². The number of benzene rings is 1. The molecule has 0 fully saturated rings. The summed E-state index contributed by atoms with van der Waals surface area (Å²) in [5, 5.41) is 2.80. The van der Waals surface area contributed by atoms with Crippen LogP contribution in [0.3, 0.4) is 0 Å². The van der Waals surface area contributed by atoms with E-state index in [1.54, 1.807) is 21.6 Å². The first-order valence-electron chi connectivity index (χ1n) is 5.72. The van der Waals surface area contributed by atoms with Gasteiger partial charge in [-0.15, -0.1) is 0 Å². The number of carbonyl (C=O) groups excluding carboxylic acids is 1. The molecule has 18 heavy (non-hydrogen) atoms. The third kappa shape index (κ3) is 7.47. The minimum Gasteiger partial charge on any atom is -0.484 e. The second-order valence-corrected chi connectivity index (χ2v) is 6.09. The van der Waals surface area contributed by atoms with Crippen molar-refractivity contribution >= 4 is 27.5 Å². The van der Waals surface area contributed by atoms with Crippen molar-refractivity contribution < 1.29 is 9.53 Å². The monoisotopic (exact) mass is 286 g/mol. The minimum absolute atomic E-state index is 0.0601. The van der Waals surface area contributed by atoms with Crippen molar-refractivity contribution in [1.29, 1.82) is 0 Å². The van der Waals surface area contributed by atoms with Crippen molar-refractivity contribution in [2.45, 2.75) is 0 Å². The summed E-state index contributed by atoms with van der Waals surface area (Å²) in [4.78, 5) is 11.4. The second kappa shape index (κ2) is 10.1. The fourth-order valence-corrected chi connectivity index (χ4v) is 2.88. The van der Waals surface area contributed by atoms with Crippen molar-refractivity contribution in [3.05, 3.63) is 30.3 Å². The van der Waals surface area contributed by atoms with Crippen molar-refractivity contribution in [3.8, 4) is 5.75 Å². The molecule has 1 rings (SSSR count). The van der Waals surface area contributed by atoms with Crippen LogP contribution in [0.25, 0.3) is 0 Å². The van der Waals surface area contributed by atoms with E-state index in [1.165, 1.54) is 0 Å². The average molecular weight is 286 g/mol. The van der Waals surface area contributed by atoms with Gasteiger partial charge in [0.15, 0.2) is 6.61 Å². The molecule has 100 valence electrons. The van der Waals surface area contributed by atoms with E-state index < -0.39 is 0 Å². The molecule has 4 nitrogen and oxygen atoms in total. The molecule has 0 saturated heterocycles. The molecule has 1 aromatic rings. The Kier molecular flexibility index (Phi) is 8.54. The van der Waals surface area contributed by atoms with Crippen molar-refractivity contribution in [2.24, 2.45) is 5.73 Å². The molecule has 1 amide bonds. The lowest BCUT2D eigenvalue weighted by molar-refractivity contribution is -0.122. The Morgan fingerprint density at radius 2 is 1.94 bits per heavy atom. The Labute approximate surface area is 115 Å². The van der Waals surface area contributed by atoms with Crippen LogP contribution in [-0.2, 0) is 4.79 Å². The molecule has 0 aromatic heterocycles. The van der Waals surface area contributed by atoms with Gasteiger partial charge in [-0.2, -0.15) is 0 Å². The molecule has 6 heteroatoms. The van der Waals surface area contributed by atoms with Gasteiger partial charge in [0.2, 0.25) is 0 Å². The molecule has 0 atom stereocenters. The molecule has 0 aliphatic carbocycles. The van der Waals surface area contributed by atoms with Crippen molar-refractivity contribution in [3.63, 3.8) is 0 Å². The SMILES string of the molecule is NCCSSCCNC(=O)COc1ccccc1. The van der Waals surface area contributed by atoms with E-state index in [2.05, 4.69) is 5.32 Å². The van der Waals surface area contributed by atoms with Crippen LogP contribution >= 0.6 is 21.6 Å². The highest BCUT2D eigenvalue weighted by Crippen LogP contribution is 2.18. The van der Waals surface area contributed by atoms with Gasteiger partial charge in [-0.3, -0.25) is 4.79 Å². The molecule has 0 aliphatic rings. The summed E-state index contributed by atoms with van der Waals surface area (Å²) in [5.74, 6) is 2.43. The van der Waals surface area contributed by atoms with Crippen molar-refractivity contribution in [2.75, 3.05) is 31.2 Å². The fourth-order valence-electron chi connectivity index (χ4n) is 1.11. The molecule has 1 aromatic carbocycles. The van der Waals surface area contributed by atoms with Crippen LogP contribution in [0.15, 0.2) is 30.3 Å². The highest BCUT2D eigenvalue weighted by molar-refractivity contribution is 8.76. The van der Waals surface area contributed by atoms with E-state index in [9.17, 15) is 4.79 Å². The molecule has 0 radical (unpaired) electrons. The Balaban J connectivity index is 2.01. The fraction of sp³-hybridized carbons (Fsp3) is 0.417. The van der Waals surface area contributed by atoms with Gasteiger partial charge in [0, 0.05) is 24.6 Å². The maximum absolute atomic E-state index is 11.4. The van der Waals surface area contributed by atoms with Crippen LogP contribution in [0.5, 0.6) is 5.75 Å². The van der Waals surface area contributed by atoms with Crippen LogP contribution in [0.4, 0.5) is 0 Å². The maximum Gasteiger partial charge on any atom is 0.257 e. The Bertz CT molecular complexity index is 336. The van der Waals surface area contributed by atoms with E-state index in [0.29, 0.717) is 18.8 Å². The first kappa shape index (κ1) is 15.2. The molecular formula is C12H18N2O2S2. The number of nitrogens with one attached hydrogen (secondary N) is 1. The minimum atomic E-state index is -0.0942. The first-order chi connectivity index (χ1) is 8.83. The highest BCUT2D eigenvalue weighted by Gasteiger charge is 2.01. The van der Waals surface area contributed by atoms with Gasteiger partial charge in [0.05, 0.1) is 0 Å². The third-order valence-electron chi connectivity index (χ3n) is 1.91. The van der Waals surface area contributed by atoms with E-state index >= 15 is 0 Å². The summed E-state index contributed by atoms with van der Waals surface area (Å²) >= 11 is 0. The number of rotatable bonds is 9. The number of nitrogens with two attached hydrogens (primary N) is 1. The number of hydrogen-bond acceptors (Lipinski definition) is 5. The van der Waals surface area contributed by atoms with Gasteiger partial charge < -0.3 is 15.8 Å². The first-order valence-corrected chi connectivity index (χ1v) is 8.21. The summed E-state index contributed by atoms with van der Waals surface area (Å²) in [6, 6.07) is 9.30. The largest absolute Gasteiger partial charge is 0.484 e. The molecular weight excluding hydrogens is 268 g/mol. The highest BCUT2D eigenvalue weighted by atomic mass is 33.1. The van der Waals surface area contributed by atoms with Gasteiger partial charge in [-0.1, -0.05) is 39.8 Å². The number of carbonyl (C=O) groups is 1. The molecule has 0 aliphatic heterocycles. The van der Waals surface area contributed by atoms with E-state index in [1.807, 2.05) is 30.3 Å². The topological polar surface area (TPSA) is 64.3 Å². The van der Waals surface area contributed by atoms with E-state index in [4.69, 9.17) is 10.5 Å². The van der Waals surface area contributed by atoms with Gasteiger partial charge in [0.25, 0.3) is 5.91 Å². The summed E-state index contributed by atoms with van der Waals surface area (Å²) in [7, 11) is 3.44. The smallest absolute Gasteiger partial charge is 0.257 e. The second-order valence-electron chi connectivity index (χ2n) is 3.38. The van der Waals surface area contributed by atoms with Gasteiger partial charge >= 0.3 is 0 Å². The molecule has 0 saturated carbocycles. The number of hydrogen-bond donors (Lipinski definition) is 2. The number of ether oxygens (including phenoxy) is 1. The molecule has 0 heterocycles. The lowest BCUT2D eigenvalue weighted by atomic mass is 10.3. The third-order valence-corrected chi connectivity index (χ3v) is 4.35. The van der Waals surface area contributed by atoms with Gasteiger partial charge in [-0.25, -0.2) is 0 Å². The standard InChI is InChI=1S/C12H18N2O2S2/c13-6-8-17-18-9-7-14-12(15)10-16-11-4-2-1-3-5-11/h1-5H,6-10,13H2,(H,14,15). The van der Waals surface area contributed by atoms with Crippen LogP contribution in [0.1, 0.15) is 0 Å². The van der Waals surface area contributed by atoms with Crippen molar-refractivity contribution in [1.82, 2.24) is 5.32 Å². The normalized spacial score (nSPS) is 10.1. The lowest BCUT2D eigenvalue weighted by Crippen LogP contribution is -2.30. The zero-order valence-electron chi connectivity index (χ0n) is 10.1. The molecule has 0 bridgehead atoms. The van der Waals surface area contributed by atoms with Crippen LogP contribution in [0, 0.1) is 0 Å². The Hall–Kier alpha value is -0.850. The number of para-hydroxylation sites is 1. The van der Waals surface area contributed by atoms with Crippen LogP contribution in [0.2, 0.25) is 0 Å². The average Bonchev–Trinajstić information content (AvgIpc) is 2.41. The van der Waals surface area contributed by atoms with Crippen LogP contribution < -0.4 is 15.8 Å². The predicted molar refractivity (Wildman–Crippen MR) is 78.9 cm³/mol.